The molecule has 2 N–H and O–H groups in total. The van der Waals surface area contributed by atoms with Gasteiger partial charge in [-0.05, 0) is 43.2 Å². The van der Waals surface area contributed by atoms with Gasteiger partial charge in [0.1, 0.15) is 0 Å². The van der Waals surface area contributed by atoms with E-state index in [-0.39, 0.29) is 22.8 Å². The number of benzene rings is 1. The average Bonchev–Trinajstić information content (AvgIpc) is 2.43. The number of nitrogens with two attached hydrogens (primary N) is 1. The van der Waals surface area contributed by atoms with Gasteiger partial charge in [0.15, 0.2) is 9.84 Å². The molecule has 0 bridgehead atoms. The monoisotopic (exact) mass is 306 g/mol. The first-order valence-electron chi connectivity index (χ1n) is 6.55. The third-order valence-corrected chi connectivity index (χ3v) is 5.14. The van der Waals surface area contributed by atoms with Crippen LogP contribution in [0.15, 0.2) is 46.2 Å². The van der Waals surface area contributed by atoms with Crippen molar-refractivity contribution in [1.29, 1.82) is 0 Å². The van der Waals surface area contributed by atoms with E-state index < -0.39 is 9.84 Å². The van der Waals surface area contributed by atoms with Gasteiger partial charge >= 0.3 is 0 Å². The quantitative estimate of drug-likeness (QED) is 0.928. The first-order valence-corrected chi connectivity index (χ1v) is 8.21. The number of anilines is 1. The fraction of sp³-hybridized carbons (Fsp3) is 0.267. The van der Waals surface area contributed by atoms with E-state index >= 15 is 0 Å². The third-order valence-electron chi connectivity index (χ3n) is 3.44. The second kappa shape index (κ2) is 5.73. The van der Waals surface area contributed by atoms with Crippen molar-refractivity contribution in [3.05, 3.63) is 58.0 Å². The molecule has 2 rings (SSSR count). The Kier molecular flexibility index (Phi) is 4.18. The minimum absolute atomic E-state index is 0.0825. The van der Waals surface area contributed by atoms with Crippen LogP contribution in [0.4, 0.5) is 5.69 Å². The summed E-state index contributed by atoms with van der Waals surface area (Å²) in [7, 11) is -3.43. The SMILES string of the molecule is Cc1ccc(S(=O)(=O)CCn2cc(N)ccc2=O)cc1C. The Balaban J connectivity index is 2.23. The Labute approximate surface area is 124 Å². The molecule has 5 nitrogen and oxygen atoms in total. The maximum atomic E-state index is 12.3. The zero-order valence-electron chi connectivity index (χ0n) is 12.0. The lowest BCUT2D eigenvalue weighted by Gasteiger charge is -2.09. The summed E-state index contributed by atoms with van der Waals surface area (Å²) < 4.78 is 26.0. The summed E-state index contributed by atoms with van der Waals surface area (Å²) in [6, 6.07) is 7.87. The smallest absolute Gasteiger partial charge is 0.250 e. The van der Waals surface area contributed by atoms with E-state index in [1.165, 1.54) is 22.9 Å². The molecule has 0 aliphatic carbocycles. The van der Waals surface area contributed by atoms with Gasteiger partial charge in [-0.3, -0.25) is 4.79 Å². The van der Waals surface area contributed by atoms with E-state index in [1.807, 2.05) is 13.8 Å². The second-order valence-corrected chi connectivity index (χ2v) is 7.17. The van der Waals surface area contributed by atoms with Crippen molar-refractivity contribution < 1.29 is 8.42 Å². The minimum atomic E-state index is -3.43. The van der Waals surface area contributed by atoms with Crippen LogP contribution in [0, 0.1) is 13.8 Å². The molecule has 1 aromatic carbocycles. The van der Waals surface area contributed by atoms with Gasteiger partial charge in [-0.15, -0.1) is 0 Å². The van der Waals surface area contributed by atoms with Crippen molar-refractivity contribution in [1.82, 2.24) is 4.57 Å². The molecule has 0 fully saturated rings. The third kappa shape index (κ3) is 3.52. The standard InChI is InChI=1S/C15H18N2O3S/c1-11-3-5-14(9-12(11)2)21(19,20)8-7-17-10-13(16)4-6-15(17)18/h3-6,9-10H,7-8,16H2,1-2H3. The largest absolute Gasteiger partial charge is 0.398 e. The molecular weight excluding hydrogens is 288 g/mol. The highest BCUT2D eigenvalue weighted by molar-refractivity contribution is 7.91. The van der Waals surface area contributed by atoms with Crippen LogP contribution in [0.25, 0.3) is 0 Å². The Bertz CT molecular complexity index is 823. The van der Waals surface area contributed by atoms with Crippen molar-refractivity contribution in [2.75, 3.05) is 11.5 Å². The van der Waals surface area contributed by atoms with E-state index in [9.17, 15) is 13.2 Å². The highest BCUT2D eigenvalue weighted by atomic mass is 32.2. The van der Waals surface area contributed by atoms with Gasteiger partial charge in [-0.2, -0.15) is 0 Å². The molecule has 0 saturated heterocycles. The predicted molar refractivity (Wildman–Crippen MR) is 83.1 cm³/mol. The molecule has 6 heteroatoms. The molecule has 0 amide bonds. The van der Waals surface area contributed by atoms with Crippen molar-refractivity contribution in [3.63, 3.8) is 0 Å². The predicted octanol–water partition coefficient (Wildman–Crippen LogP) is 1.52. The highest BCUT2D eigenvalue weighted by Gasteiger charge is 2.15. The molecule has 1 heterocycles. The van der Waals surface area contributed by atoms with Gasteiger partial charge < -0.3 is 10.3 Å². The molecule has 0 saturated carbocycles. The normalized spacial score (nSPS) is 11.5. The summed E-state index contributed by atoms with van der Waals surface area (Å²) in [6.07, 6.45) is 1.46. The lowest BCUT2D eigenvalue weighted by Crippen LogP contribution is -2.23. The van der Waals surface area contributed by atoms with Crippen molar-refractivity contribution in [3.8, 4) is 0 Å². The van der Waals surface area contributed by atoms with E-state index in [0.717, 1.165) is 11.1 Å². The maximum Gasteiger partial charge on any atom is 0.250 e. The van der Waals surface area contributed by atoms with Crippen LogP contribution in [-0.4, -0.2) is 18.7 Å². The van der Waals surface area contributed by atoms with Crippen LogP contribution >= 0.6 is 0 Å². The molecule has 112 valence electrons. The van der Waals surface area contributed by atoms with E-state index in [1.54, 1.807) is 18.2 Å². The van der Waals surface area contributed by atoms with Gasteiger partial charge in [0.05, 0.1) is 10.6 Å². The fourth-order valence-corrected chi connectivity index (χ4v) is 3.27. The zero-order valence-corrected chi connectivity index (χ0v) is 12.9. The number of hydrogen-bond donors (Lipinski definition) is 1. The molecule has 21 heavy (non-hydrogen) atoms. The van der Waals surface area contributed by atoms with Gasteiger partial charge in [0.2, 0.25) is 0 Å². The summed E-state index contributed by atoms with van der Waals surface area (Å²) in [4.78, 5) is 11.9. The van der Waals surface area contributed by atoms with Gasteiger partial charge in [0.25, 0.3) is 5.56 Å². The second-order valence-electron chi connectivity index (χ2n) is 5.06. The van der Waals surface area contributed by atoms with Crippen LogP contribution in [0.1, 0.15) is 11.1 Å². The van der Waals surface area contributed by atoms with Crippen LogP contribution < -0.4 is 11.3 Å². The highest BCUT2D eigenvalue weighted by Crippen LogP contribution is 2.16. The lowest BCUT2D eigenvalue weighted by molar-refractivity contribution is 0.587. The fourth-order valence-electron chi connectivity index (χ4n) is 1.97. The first-order chi connectivity index (χ1) is 9.79. The number of sulfone groups is 1. The molecular formula is C15H18N2O3S. The first kappa shape index (κ1) is 15.3. The summed E-state index contributed by atoms with van der Waals surface area (Å²) in [5.74, 6) is -0.140. The molecule has 2 aromatic rings. The maximum absolute atomic E-state index is 12.3. The minimum Gasteiger partial charge on any atom is -0.398 e. The van der Waals surface area contributed by atoms with E-state index in [2.05, 4.69) is 0 Å². The summed E-state index contributed by atoms with van der Waals surface area (Å²) >= 11 is 0. The average molecular weight is 306 g/mol. The number of pyridine rings is 1. The molecule has 1 aromatic heterocycles. The van der Waals surface area contributed by atoms with Gasteiger partial charge in [-0.25, -0.2) is 8.42 Å². The molecule has 0 aliphatic heterocycles. The lowest BCUT2D eigenvalue weighted by atomic mass is 10.1. The zero-order chi connectivity index (χ0) is 15.6. The summed E-state index contributed by atoms with van der Waals surface area (Å²) in [5, 5.41) is 0. The molecule has 0 radical (unpaired) electrons. The van der Waals surface area contributed by atoms with Crippen LogP contribution in [0.2, 0.25) is 0 Å². The van der Waals surface area contributed by atoms with Crippen molar-refractivity contribution in [2.24, 2.45) is 0 Å². The number of hydrogen-bond acceptors (Lipinski definition) is 4. The number of nitrogen functional groups attached to an aromatic ring is 1. The Morgan fingerprint density at radius 1 is 1.10 bits per heavy atom. The van der Waals surface area contributed by atoms with E-state index in [0.29, 0.717) is 5.69 Å². The molecule has 0 aliphatic rings. The molecule has 0 spiro atoms. The number of aromatic nitrogens is 1. The summed E-state index contributed by atoms with van der Waals surface area (Å²) in [6.45, 7) is 3.88. The van der Waals surface area contributed by atoms with Crippen molar-refractivity contribution in [2.45, 2.75) is 25.3 Å². The van der Waals surface area contributed by atoms with Crippen LogP contribution in [0.3, 0.4) is 0 Å². The van der Waals surface area contributed by atoms with Gasteiger partial charge in [-0.1, -0.05) is 6.07 Å². The van der Waals surface area contributed by atoms with Gasteiger partial charge in [0, 0.05) is 24.5 Å². The van der Waals surface area contributed by atoms with Crippen molar-refractivity contribution >= 4 is 15.5 Å². The Morgan fingerprint density at radius 2 is 1.81 bits per heavy atom. The number of aryl methyl sites for hydroxylation is 3. The summed E-state index contributed by atoms with van der Waals surface area (Å²) in [5.41, 5.74) is 7.74. The Morgan fingerprint density at radius 3 is 2.48 bits per heavy atom. The number of nitrogens with zero attached hydrogens (tertiary/aromatic N) is 1. The van der Waals surface area contributed by atoms with Crippen LogP contribution in [0.5, 0.6) is 0 Å². The number of rotatable bonds is 4. The van der Waals surface area contributed by atoms with E-state index in [4.69, 9.17) is 5.73 Å². The molecule has 0 atom stereocenters. The molecule has 0 unspecified atom stereocenters. The topological polar surface area (TPSA) is 82.2 Å². The Hall–Kier alpha value is -2.08. The van der Waals surface area contributed by atoms with Crippen LogP contribution in [-0.2, 0) is 16.4 Å².